The minimum Gasteiger partial charge on any atom is -0.133 e. The Morgan fingerprint density at radius 3 is 2.86 bits per heavy atom. The third-order valence-corrected chi connectivity index (χ3v) is 5.23. The van der Waals surface area contributed by atoms with Gasteiger partial charge in [-0.1, -0.05) is 13.3 Å². The van der Waals surface area contributed by atoms with E-state index in [1.54, 1.807) is 11.3 Å². The molecule has 3 atom stereocenters. The van der Waals surface area contributed by atoms with Gasteiger partial charge in [0.2, 0.25) is 0 Å². The van der Waals surface area contributed by atoms with E-state index in [1.165, 1.54) is 27.1 Å². The van der Waals surface area contributed by atoms with Gasteiger partial charge >= 0.3 is 0 Å². The van der Waals surface area contributed by atoms with Crippen LogP contribution in [0.25, 0.3) is 0 Å². The van der Waals surface area contributed by atoms with Gasteiger partial charge in [-0.2, -0.15) is 0 Å². The highest BCUT2D eigenvalue weighted by Gasteiger charge is 2.41. The van der Waals surface area contributed by atoms with Crippen LogP contribution in [0.4, 0.5) is 0 Å². The smallest absolute Gasteiger partial charge is 0.0704 e. The molecule has 0 saturated heterocycles. The summed E-state index contributed by atoms with van der Waals surface area (Å²) in [4.78, 5) is 1.36. The molecule has 1 aromatic heterocycles. The minimum absolute atomic E-state index is 0.238. The second kappa shape index (κ2) is 4.15. The van der Waals surface area contributed by atoms with Crippen molar-refractivity contribution in [1.29, 1.82) is 0 Å². The van der Waals surface area contributed by atoms with Gasteiger partial charge in [0.05, 0.1) is 9.16 Å². The molecule has 1 saturated carbocycles. The van der Waals surface area contributed by atoms with Crippen LogP contribution in [0.5, 0.6) is 0 Å². The molecule has 1 fully saturated rings. The molecule has 2 rings (SSSR count). The summed E-state index contributed by atoms with van der Waals surface area (Å²) in [6.07, 6.45) is 2.59. The van der Waals surface area contributed by atoms with Crippen molar-refractivity contribution in [3.05, 3.63) is 20.3 Å². The van der Waals surface area contributed by atoms with Gasteiger partial charge in [-0.25, -0.2) is 0 Å². The molecule has 1 unspecified atom stereocenters. The molecular weight excluding hydrogens is 280 g/mol. The fourth-order valence-corrected chi connectivity index (χ4v) is 4.42. The van der Waals surface area contributed by atoms with Crippen molar-refractivity contribution in [2.24, 2.45) is 11.8 Å². The Balaban J connectivity index is 2.12. The van der Waals surface area contributed by atoms with Crippen molar-refractivity contribution in [3.63, 3.8) is 0 Å². The number of alkyl halides is 1. The molecule has 0 aliphatic heterocycles. The Labute approximate surface area is 103 Å². The van der Waals surface area contributed by atoms with Crippen LogP contribution in [-0.4, -0.2) is 0 Å². The van der Waals surface area contributed by atoms with Crippen molar-refractivity contribution in [2.75, 3.05) is 0 Å². The quantitative estimate of drug-likeness (QED) is 0.677. The van der Waals surface area contributed by atoms with Crippen LogP contribution in [0.1, 0.15) is 35.6 Å². The van der Waals surface area contributed by atoms with Gasteiger partial charge in [0.15, 0.2) is 0 Å². The normalized spacial score (nSPS) is 27.7. The lowest BCUT2D eigenvalue weighted by atomic mass is 10.1. The fraction of sp³-hybridized carbons (Fsp3) is 0.636. The van der Waals surface area contributed by atoms with Gasteiger partial charge in [-0.3, -0.25) is 0 Å². The average molecular weight is 294 g/mol. The molecule has 14 heavy (non-hydrogen) atoms. The molecular formula is C11H14BrClS. The van der Waals surface area contributed by atoms with Gasteiger partial charge in [-0.15, -0.1) is 22.9 Å². The SMILES string of the molecule is CC[C@@H]1C[C@H]1C(Cl)c1cc(Br)sc1C. The van der Waals surface area contributed by atoms with Gasteiger partial charge < -0.3 is 0 Å². The van der Waals surface area contributed by atoms with Crippen LogP contribution in [0.2, 0.25) is 0 Å². The standard InChI is InChI=1S/C11H14BrClS/c1-3-7-4-9(7)11(13)8-5-10(12)14-6(8)2/h5,7,9,11H,3-4H2,1-2H3/t7-,9-,11?/m1/s1. The third-order valence-electron chi connectivity index (χ3n) is 3.10. The zero-order chi connectivity index (χ0) is 10.3. The van der Waals surface area contributed by atoms with Gasteiger partial charge in [0.1, 0.15) is 0 Å². The number of hydrogen-bond donors (Lipinski definition) is 0. The predicted octanol–water partition coefficient (Wildman–Crippen LogP) is 5.15. The summed E-state index contributed by atoms with van der Waals surface area (Å²) >= 11 is 11.8. The zero-order valence-corrected chi connectivity index (χ0v) is 11.5. The zero-order valence-electron chi connectivity index (χ0n) is 8.39. The Hall–Kier alpha value is 0.470. The van der Waals surface area contributed by atoms with Crippen LogP contribution < -0.4 is 0 Å². The van der Waals surface area contributed by atoms with Crippen LogP contribution in [0.3, 0.4) is 0 Å². The predicted molar refractivity (Wildman–Crippen MR) is 67.2 cm³/mol. The molecule has 0 nitrogen and oxygen atoms in total. The van der Waals surface area contributed by atoms with Crippen molar-refractivity contribution < 1.29 is 0 Å². The van der Waals surface area contributed by atoms with Gasteiger partial charge in [0, 0.05) is 4.88 Å². The van der Waals surface area contributed by atoms with E-state index in [0.717, 1.165) is 11.8 Å². The number of hydrogen-bond acceptors (Lipinski definition) is 1. The maximum atomic E-state index is 6.48. The first kappa shape index (κ1) is 11.0. The van der Waals surface area contributed by atoms with E-state index in [2.05, 4.69) is 35.8 Å². The maximum absolute atomic E-state index is 6.48. The lowest BCUT2D eigenvalue weighted by molar-refractivity contribution is 0.661. The molecule has 0 aromatic carbocycles. The first-order chi connectivity index (χ1) is 6.63. The van der Waals surface area contributed by atoms with Crippen LogP contribution in [-0.2, 0) is 0 Å². The molecule has 1 heterocycles. The van der Waals surface area contributed by atoms with E-state index in [0.29, 0.717) is 0 Å². The van der Waals surface area contributed by atoms with Crippen molar-refractivity contribution in [1.82, 2.24) is 0 Å². The summed E-state index contributed by atoms with van der Waals surface area (Å²) < 4.78 is 1.20. The lowest BCUT2D eigenvalue weighted by Gasteiger charge is -2.07. The van der Waals surface area contributed by atoms with E-state index in [9.17, 15) is 0 Å². The first-order valence-electron chi connectivity index (χ1n) is 5.03. The number of rotatable bonds is 3. The topological polar surface area (TPSA) is 0 Å². The highest BCUT2D eigenvalue weighted by atomic mass is 79.9. The van der Waals surface area contributed by atoms with E-state index in [1.807, 2.05) is 0 Å². The lowest BCUT2D eigenvalue weighted by Crippen LogP contribution is -1.94. The van der Waals surface area contributed by atoms with E-state index in [-0.39, 0.29) is 5.38 Å². The fourth-order valence-electron chi connectivity index (χ4n) is 2.06. The largest absolute Gasteiger partial charge is 0.133 e. The second-order valence-corrected chi connectivity index (χ2v) is 7.14. The van der Waals surface area contributed by atoms with Gasteiger partial charge in [0.25, 0.3) is 0 Å². The summed E-state index contributed by atoms with van der Waals surface area (Å²) in [5.74, 6) is 1.59. The highest BCUT2D eigenvalue weighted by molar-refractivity contribution is 9.11. The summed E-state index contributed by atoms with van der Waals surface area (Å²) in [6, 6.07) is 2.18. The molecule has 1 aromatic rings. The summed E-state index contributed by atoms with van der Waals surface area (Å²) in [5, 5.41) is 0.238. The first-order valence-corrected chi connectivity index (χ1v) is 7.08. The Bertz CT molecular complexity index is 334. The summed E-state index contributed by atoms with van der Waals surface area (Å²) in [7, 11) is 0. The Morgan fingerprint density at radius 1 is 1.71 bits per heavy atom. The summed E-state index contributed by atoms with van der Waals surface area (Å²) in [6.45, 7) is 4.41. The van der Waals surface area contributed by atoms with Crippen molar-refractivity contribution in [2.45, 2.75) is 32.1 Å². The molecule has 0 bridgehead atoms. The number of aryl methyl sites for hydroxylation is 1. The molecule has 0 spiro atoms. The van der Waals surface area contributed by atoms with Crippen molar-refractivity contribution in [3.8, 4) is 0 Å². The number of thiophene rings is 1. The highest BCUT2D eigenvalue weighted by Crippen LogP contribution is 2.53. The van der Waals surface area contributed by atoms with Gasteiger partial charge in [-0.05, 0) is 52.7 Å². The molecule has 0 N–H and O–H groups in total. The van der Waals surface area contributed by atoms with Crippen LogP contribution in [0, 0.1) is 18.8 Å². The molecule has 78 valence electrons. The Morgan fingerprint density at radius 2 is 2.43 bits per heavy atom. The van der Waals surface area contributed by atoms with Crippen LogP contribution in [0.15, 0.2) is 9.85 Å². The average Bonchev–Trinajstić information content (AvgIpc) is 2.85. The third kappa shape index (κ3) is 2.02. The van der Waals surface area contributed by atoms with E-state index >= 15 is 0 Å². The second-order valence-electron chi connectivity index (χ2n) is 4.03. The molecule has 0 radical (unpaired) electrons. The summed E-state index contributed by atoms with van der Waals surface area (Å²) in [5.41, 5.74) is 1.34. The molecule has 1 aliphatic carbocycles. The Kier molecular flexibility index (Phi) is 3.25. The molecule has 1 aliphatic rings. The monoisotopic (exact) mass is 292 g/mol. The minimum atomic E-state index is 0.238. The molecule has 0 amide bonds. The van der Waals surface area contributed by atoms with E-state index < -0.39 is 0 Å². The van der Waals surface area contributed by atoms with Crippen LogP contribution >= 0.6 is 38.9 Å². The van der Waals surface area contributed by atoms with Crippen molar-refractivity contribution >= 4 is 38.9 Å². The van der Waals surface area contributed by atoms with E-state index in [4.69, 9.17) is 11.6 Å². The number of halogens is 2. The molecule has 3 heteroatoms. The maximum Gasteiger partial charge on any atom is 0.0704 e.